The molecule has 2 saturated heterocycles. The van der Waals surface area contributed by atoms with Crippen molar-refractivity contribution < 1.29 is 14.3 Å². The van der Waals surface area contributed by atoms with Gasteiger partial charge in [0.2, 0.25) is 5.91 Å². The Balaban J connectivity index is 1.22. The molecule has 3 fully saturated rings. The number of nitrogens with zero attached hydrogens (tertiary/aromatic N) is 3. The smallest absolute Gasteiger partial charge is 0.271 e. The van der Waals surface area contributed by atoms with Gasteiger partial charge in [-0.3, -0.25) is 9.59 Å². The van der Waals surface area contributed by atoms with Gasteiger partial charge in [-0.2, -0.15) is 0 Å². The number of hydrogen-bond acceptors (Lipinski definition) is 6. The molecule has 0 aromatic carbocycles. The quantitative estimate of drug-likeness (QED) is 0.729. The molecule has 1 aromatic heterocycles. The molecule has 1 aliphatic carbocycles. The Morgan fingerprint density at radius 2 is 1.90 bits per heavy atom. The molecule has 4 rings (SSSR count). The van der Waals surface area contributed by atoms with Crippen molar-refractivity contribution in [2.24, 2.45) is 11.8 Å². The van der Waals surface area contributed by atoms with Gasteiger partial charge in [-0.25, -0.2) is 4.98 Å². The summed E-state index contributed by atoms with van der Waals surface area (Å²) in [5, 5.41) is 3.82. The highest BCUT2D eigenvalue weighted by atomic mass is 32.1. The summed E-state index contributed by atoms with van der Waals surface area (Å²) in [6.07, 6.45) is 4.98. The molecule has 29 heavy (non-hydrogen) atoms. The number of aromatic nitrogens is 1. The first kappa shape index (κ1) is 20.8. The minimum absolute atomic E-state index is 0.0685. The summed E-state index contributed by atoms with van der Waals surface area (Å²) in [4.78, 5) is 34.5. The van der Waals surface area contributed by atoms with E-state index in [1.54, 1.807) is 0 Å². The van der Waals surface area contributed by atoms with Crippen molar-refractivity contribution in [1.29, 1.82) is 0 Å². The number of thiazole rings is 1. The van der Waals surface area contributed by atoms with Gasteiger partial charge in [-0.1, -0.05) is 0 Å². The third-order valence-electron chi connectivity index (χ3n) is 6.23. The Bertz CT molecular complexity index is 740. The third-order valence-corrected chi connectivity index (χ3v) is 7.11. The van der Waals surface area contributed by atoms with E-state index in [1.807, 2.05) is 18.7 Å². The molecule has 160 valence electrons. The van der Waals surface area contributed by atoms with Crippen molar-refractivity contribution in [3.8, 4) is 0 Å². The van der Waals surface area contributed by atoms with Crippen molar-refractivity contribution in [2.75, 3.05) is 45.9 Å². The molecular weight excluding hydrogens is 388 g/mol. The Kier molecular flexibility index (Phi) is 6.51. The van der Waals surface area contributed by atoms with Gasteiger partial charge in [0.15, 0.2) is 0 Å². The average Bonchev–Trinajstić information content (AvgIpc) is 3.45. The van der Waals surface area contributed by atoms with Crippen molar-refractivity contribution in [3.63, 3.8) is 0 Å². The SMILES string of the molecule is Cc1nc(C(=O)NC[C@@H]2CN(CC3CCN(CC4CC4)CC3)C(=O)CO2)c(C)s1. The van der Waals surface area contributed by atoms with Crippen LogP contribution in [0.2, 0.25) is 0 Å². The number of amides is 2. The van der Waals surface area contributed by atoms with Crippen LogP contribution in [0.1, 0.15) is 46.1 Å². The van der Waals surface area contributed by atoms with E-state index in [0.717, 1.165) is 35.4 Å². The summed E-state index contributed by atoms with van der Waals surface area (Å²) in [5.74, 6) is 1.42. The highest BCUT2D eigenvalue weighted by Gasteiger charge is 2.31. The maximum atomic E-state index is 12.4. The van der Waals surface area contributed by atoms with Gasteiger partial charge in [0.25, 0.3) is 5.91 Å². The predicted octanol–water partition coefficient (Wildman–Crippen LogP) is 1.84. The summed E-state index contributed by atoms with van der Waals surface area (Å²) >= 11 is 1.53. The Morgan fingerprint density at radius 3 is 2.55 bits per heavy atom. The minimum Gasteiger partial charge on any atom is -0.365 e. The molecule has 2 amide bonds. The van der Waals surface area contributed by atoms with Crippen LogP contribution in [0.5, 0.6) is 0 Å². The zero-order valence-electron chi connectivity index (χ0n) is 17.5. The number of hydrogen-bond donors (Lipinski definition) is 1. The molecule has 3 heterocycles. The molecule has 1 N–H and O–H groups in total. The fourth-order valence-electron chi connectivity index (χ4n) is 4.34. The summed E-state index contributed by atoms with van der Waals surface area (Å²) in [5.41, 5.74) is 0.495. The zero-order valence-corrected chi connectivity index (χ0v) is 18.3. The van der Waals surface area contributed by atoms with Gasteiger partial charge in [-0.15, -0.1) is 11.3 Å². The number of morpholine rings is 1. The monoisotopic (exact) mass is 420 g/mol. The lowest BCUT2D eigenvalue weighted by atomic mass is 9.95. The summed E-state index contributed by atoms with van der Waals surface area (Å²) in [7, 11) is 0. The first-order valence-electron chi connectivity index (χ1n) is 10.8. The lowest BCUT2D eigenvalue weighted by molar-refractivity contribution is -0.149. The molecule has 1 atom stereocenters. The highest BCUT2D eigenvalue weighted by molar-refractivity contribution is 7.11. The number of piperidine rings is 1. The summed E-state index contributed by atoms with van der Waals surface area (Å²) in [6, 6.07) is 0. The highest BCUT2D eigenvalue weighted by Crippen LogP contribution is 2.31. The fraction of sp³-hybridized carbons (Fsp3) is 0.762. The zero-order chi connectivity index (χ0) is 20.4. The van der Waals surface area contributed by atoms with Crippen LogP contribution in [-0.2, 0) is 9.53 Å². The van der Waals surface area contributed by atoms with Crippen LogP contribution in [0, 0.1) is 25.7 Å². The molecule has 3 aliphatic rings. The molecular formula is C21H32N4O3S. The first-order valence-corrected chi connectivity index (χ1v) is 11.6. The number of nitrogens with one attached hydrogen (secondary N) is 1. The molecule has 8 heteroatoms. The van der Waals surface area contributed by atoms with E-state index in [9.17, 15) is 9.59 Å². The molecule has 1 aromatic rings. The van der Waals surface area contributed by atoms with Gasteiger partial charge in [0, 0.05) is 31.1 Å². The van der Waals surface area contributed by atoms with E-state index < -0.39 is 0 Å². The van der Waals surface area contributed by atoms with Gasteiger partial charge in [0.05, 0.1) is 11.1 Å². The van der Waals surface area contributed by atoms with E-state index in [4.69, 9.17) is 4.74 Å². The van der Waals surface area contributed by atoms with Crippen molar-refractivity contribution in [1.82, 2.24) is 20.1 Å². The minimum atomic E-state index is -0.165. The van der Waals surface area contributed by atoms with Crippen LogP contribution >= 0.6 is 11.3 Å². The first-order chi connectivity index (χ1) is 14.0. The maximum Gasteiger partial charge on any atom is 0.271 e. The number of rotatable bonds is 7. The summed E-state index contributed by atoms with van der Waals surface area (Å²) in [6.45, 7) is 9.27. The molecule has 0 unspecified atom stereocenters. The number of carbonyl (C=O) groups is 2. The van der Waals surface area contributed by atoms with E-state index in [2.05, 4.69) is 15.2 Å². The Hall–Kier alpha value is -1.51. The van der Waals surface area contributed by atoms with Crippen LogP contribution in [-0.4, -0.2) is 78.6 Å². The molecule has 1 saturated carbocycles. The molecule has 0 radical (unpaired) electrons. The van der Waals surface area contributed by atoms with Crippen LogP contribution in [0.4, 0.5) is 0 Å². The summed E-state index contributed by atoms with van der Waals surface area (Å²) < 4.78 is 5.67. The molecule has 0 bridgehead atoms. The van der Waals surface area contributed by atoms with Gasteiger partial charge < -0.3 is 19.9 Å². The van der Waals surface area contributed by atoms with E-state index in [0.29, 0.717) is 24.7 Å². The lowest BCUT2D eigenvalue weighted by Crippen LogP contribution is -2.52. The van der Waals surface area contributed by atoms with E-state index in [-0.39, 0.29) is 24.5 Å². The van der Waals surface area contributed by atoms with Crippen LogP contribution in [0.25, 0.3) is 0 Å². The number of aryl methyl sites for hydroxylation is 2. The second kappa shape index (κ2) is 9.10. The second-order valence-corrected chi connectivity index (χ2v) is 10.2. The second-order valence-electron chi connectivity index (χ2n) is 8.77. The number of likely N-dealkylation sites (tertiary alicyclic amines) is 1. The standard InChI is InChI=1S/C21H32N4O3S/c1-14-20(23-15(2)29-14)21(27)22-9-18-12-25(19(26)13-28-18)11-17-5-7-24(8-6-17)10-16-3-4-16/h16-18H,3-13H2,1-2H3,(H,22,27)/t18-/m1/s1. The van der Waals surface area contributed by atoms with Crippen molar-refractivity contribution >= 4 is 23.2 Å². The fourth-order valence-corrected chi connectivity index (χ4v) is 5.15. The molecule has 7 nitrogen and oxygen atoms in total. The van der Waals surface area contributed by atoms with Gasteiger partial charge in [-0.05, 0) is 64.5 Å². The van der Waals surface area contributed by atoms with E-state index in [1.165, 1.54) is 43.6 Å². The van der Waals surface area contributed by atoms with E-state index >= 15 is 0 Å². The molecule has 2 aliphatic heterocycles. The maximum absolute atomic E-state index is 12.4. The van der Waals surface area contributed by atoms with Crippen molar-refractivity contribution in [2.45, 2.75) is 45.6 Å². The van der Waals surface area contributed by atoms with Crippen molar-refractivity contribution in [3.05, 3.63) is 15.6 Å². The Morgan fingerprint density at radius 1 is 1.17 bits per heavy atom. The predicted molar refractivity (Wildman–Crippen MR) is 112 cm³/mol. The Labute approximate surface area is 176 Å². The number of ether oxygens (including phenoxy) is 1. The van der Waals surface area contributed by atoms with Gasteiger partial charge in [0.1, 0.15) is 12.3 Å². The average molecular weight is 421 g/mol. The van der Waals surface area contributed by atoms with Crippen LogP contribution < -0.4 is 5.32 Å². The van der Waals surface area contributed by atoms with Gasteiger partial charge >= 0.3 is 0 Å². The largest absolute Gasteiger partial charge is 0.365 e. The topological polar surface area (TPSA) is 74.8 Å². The number of carbonyl (C=O) groups excluding carboxylic acids is 2. The third kappa shape index (κ3) is 5.55. The van der Waals surface area contributed by atoms with Crippen LogP contribution in [0.3, 0.4) is 0 Å². The van der Waals surface area contributed by atoms with Crippen LogP contribution in [0.15, 0.2) is 0 Å². The molecule has 0 spiro atoms. The lowest BCUT2D eigenvalue weighted by Gasteiger charge is -2.38. The normalized spacial score (nSPS) is 24.1.